The van der Waals surface area contributed by atoms with E-state index >= 15 is 0 Å². The molecule has 2 unspecified atom stereocenters. The number of benzene rings is 1. The number of carbonyl (C=O) groups is 2. The van der Waals surface area contributed by atoms with Gasteiger partial charge in [0.25, 0.3) is 0 Å². The van der Waals surface area contributed by atoms with Crippen molar-refractivity contribution < 1.29 is 18.0 Å². The highest BCUT2D eigenvalue weighted by Gasteiger charge is 2.46. The van der Waals surface area contributed by atoms with E-state index in [0.717, 1.165) is 38.8 Å². The van der Waals surface area contributed by atoms with Gasteiger partial charge in [0.1, 0.15) is 10.9 Å². The van der Waals surface area contributed by atoms with E-state index in [9.17, 15) is 18.0 Å². The van der Waals surface area contributed by atoms with Gasteiger partial charge in [-0.1, -0.05) is 12.1 Å². The lowest BCUT2D eigenvalue weighted by molar-refractivity contribution is -0.133. The third-order valence-corrected chi connectivity index (χ3v) is 8.30. The van der Waals surface area contributed by atoms with Gasteiger partial charge in [-0.3, -0.25) is 9.59 Å². The van der Waals surface area contributed by atoms with Crippen molar-refractivity contribution >= 4 is 27.5 Å². The highest BCUT2D eigenvalue weighted by Crippen LogP contribution is 2.40. The second kappa shape index (κ2) is 8.19. The van der Waals surface area contributed by atoms with Crippen molar-refractivity contribution in [1.82, 2.24) is 14.1 Å². The molecule has 3 aliphatic heterocycles. The molecule has 1 aromatic carbocycles. The lowest BCUT2D eigenvalue weighted by atomic mass is 10.1. The summed E-state index contributed by atoms with van der Waals surface area (Å²) in [4.78, 5) is 31.2. The molecule has 1 aromatic rings. The monoisotopic (exact) mass is 434 g/mol. The smallest absolute Gasteiger partial charge is 0.245 e. The van der Waals surface area contributed by atoms with Gasteiger partial charge in [-0.2, -0.15) is 4.31 Å². The number of hydrogen-bond donors (Lipinski definition) is 0. The van der Waals surface area contributed by atoms with Gasteiger partial charge in [0.05, 0.1) is 12.2 Å². The maximum absolute atomic E-state index is 13.4. The van der Waals surface area contributed by atoms with Crippen LogP contribution < -0.4 is 4.90 Å². The summed E-state index contributed by atoms with van der Waals surface area (Å²) >= 11 is 0. The number of piperidine rings is 1. The summed E-state index contributed by atoms with van der Waals surface area (Å²) < 4.78 is 28.1. The molecule has 0 radical (unpaired) electrons. The van der Waals surface area contributed by atoms with Crippen LogP contribution in [0.2, 0.25) is 0 Å². The van der Waals surface area contributed by atoms with Crippen LogP contribution in [0.4, 0.5) is 5.69 Å². The molecule has 4 rings (SSSR count). The number of likely N-dealkylation sites (N-methyl/N-ethyl adjacent to an activating group) is 1. The van der Waals surface area contributed by atoms with Crippen LogP contribution in [0.1, 0.15) is 32.1 Å². The minimum absolute atomic E-state index is 0.0993. The van der Waals surface area contributed by atoms with Crippen molar-refractivity contribution in [2.45, 2.75) is 49.1 Å². The number of amides is 2. The first-order chi connectivity index (χ1) is 14.3. The Labute approximate surface area is 178 Å². The summed E-state index contributed by atoms with van der Waals surface area (Å²) in [7, 11) is -0.603. The van der Waals surface area contributed by atoms with Crippen molar-refractivity contribution in [3.05, 3.63) is 24.3 Å². The minimum Gasteiger partial charge on any atom is -0.354 e. The SMILES string of the molecule is CN(C)C(=O)CN1CC2CCC(C(=O)N3CCCCC3)N2c2ccccc2S1(=O)=O. The van der Waals surface area contributed by atoms with Crippen LogP contribution in [0.5, 0.6) is 0 Å². The molecule has 2 fully saturated rings. The topological polar surface area (TPSA) is 81.2 Å². The van der Waals surface area contributed by atoms with Crippen molar-refractivity contribution in [2.75, 3.05) is 45.2 Å². The molecule has 0 saturated carbocycles. The van der Waals surface area contributed by atoms with Gasteiger partial charge in [-0.25, -0.2) is 8.42 Å². The van der Waals surface area contributed by atoms with Crippen LogP contribution in [-0.4, -0.2) is 86.7 Å². The van der Waals surface area contributed by atoms with Crippen molar-refractivity contribution in [1.29, 1.82) is 0 Å². The van der Waals surface area contributed by atoms with Gasteiger partial charge in [0.15, 0.2) is 0 Å². The van der Waals surface area contributed by atoms with E-state index in [1.807, 2.05) is 15.9 Å². The number of anilines is 1. The molecule has 3 aliphatic rings. The highest BCUT2D eigenvalue weighted by atomic mass is 32.2. The predicted octanol–water partition coefficient (Wildman–Crippen LogP) is 1.13. The lowest BCUT2D eigenvalue weighted by Gasteiger charge is -2.35. The number of carbonyl (C=O) groups excluding carboxylic acids is 2. The zero-order valence-corrected chi connectivity index (χ0v) is 18.5. The first kappa shape index (κ1) is 21.1. The first-order valence-corrected chi connectivity index (χ1v) is 12.1. The normalized spacial score (nSPS) is 25.9. The number of sulfonamides is 1. The van der Waals surface area contributed by atoms with E-state index in [1.54, 1.807) is 32.3 Å². The van der Waals surface area contributed by atoms with Gasteiger partial charge in [0.2, 0.25) is 21.8 Å². The fourth-order valence-electron chi connectivity index (χ4n) is 4.80. The lowest BCUT2D eigenvalue weighted by Crippen LogP contribution is -2.51. The Kier molecular flexibility index (Phi) is 5.76. The molecule has 30 heavy (non-hydrogen) atoms. The van der Waals surface area contributed by atoms with Gasteiger partial charge >= 0.3 is 0 Å². The molecule has 8 nitrogen and oxygen atoms in total. The van der Waals surface area contributed by atoms with Crippen LogP contribution >= 0.6 is 0 Å². The van der Waals surface area contributed by atoms with Gasteiger partial charge in [0, 0.05) is 39.8 Å². The Morgan fingerprint density at radius 2 is 1.77 bits per heavy atom. The standard InChI is InChI=1S/C21H30N4O4S/c1-22(2)20(26)15-24-14-16-10-11-18(21(27)23-12-6-3-7-13-23)25(16)17-8-4-5-9-19(17)30(24,28)29/h4-5,8-9,16,18H,3,6-7,10-15H2,1-2H3. The fraction of sp³-hybridized carbons (Fsp3) is 0.619. The number of rotatable bonds is 3. The van der Waals surface area contributed by atoms with Crippen LogP contribution in [0.25, 0.3) is 0 Å². The molecule has 2 saturated heterocycles. The van der Waals surface area contributed by atoms with E-state index in [-0.39, 0.29) is 41.9 Å². The third kappa shape index (κ3) is 3.69. The number of para-hydroxylation sites is 1. The van der Waals surface area contributed by atoms with Crippen LogP contribution in [-0.2, 0) is 19.6 Å². The van der Waals surface area contributed by atoms with Crippen molar-refractivity contribution in [2.24, 2.45) is 0 Å². The average Bonchev–Trinajstić information content (AvgIpc) is 3.13. The molecular weight excluding hydrogens is 404 g/mol. The molecule has 0 aromatic heterocycles. The molecular formula is C21H30N4O4S. The fourth-order valence-corrected chi connectivity index (χ4v) is 6.41. The molecule has 2 atom stereocenters. The van der Waals surface area contributed by atoms with E-state index in [2.05, 4.69) is 0 Å². The van der Waals surface area contributed by atoms with Crippen LogP contribution in [0.15, 0.2) is 29.2 Å². The summed E-state index contributed by atoms with van der Waals surface area (Å²) in [5.41, 5.74) is 0.579. The summed E-state index contributed by atoms with van der Waals surface area (Å²) in [6.07, 6.45) is 4.61. The number of fused-ring (bicyclic) bond motifs is 3. The molecule has 3 heterocycles. The molecule has 0 N–H and O–H groups in total. The number of hydrogen-bond acceptors (Lipinski definition) is 5. The predicted molar refractivity (Wildman–Crippen MR) is 114 cm³/mol. The Hall–Kier alpha value is -2.13. The number of likely N-dealkylation sites (tertiary alicyclic amines) is 1. The molecule has 9 heteroatoms. The molecule has 164 valence electrons. The van der Waals surface area contributed by atoms with E-state index in [0.29, 0.717) is 12.1 Å². The third-order valence-electron chi connectivity index (χ3n) is 6.44. The van der Waals surface area contributed by atoms with Crippen molar-refractivity contribution in [3.8, 4) is 0 Å². The number of nitrogens with zero attached hydrogens (tertiary/aromatic N) is 4. The van der Waals surface area contributed by atoms with E-state index in [4.69, 9.17) is 0 Å². The molecule has 0 spiro atoms. The highest BCUT2D eigenvalue weighted by molar-refractivity contribution is 7.89. The summed E-state index contributed by atoms with van der Waals surface area (Å²) in [6.45, 7) is 1.56. The summed E-state index contributed by atoms with van der Waals surface area (Å²) in [6, 6.07) is 6.40. The Morgan fingerprint density at radius 1 is 1.07 bits per heavy atom. The Bertz CT molecular complexity index is 927. The second-order valence-electron chi connectivity index (χ2n) is 8.59. The zero-order chi connectivity index (χ0) is 21.5. The first-order valence-electron chi connectivity index (χ1n) is 10.7. The summed E-state index contributed by atoms with van der Waals surface area (Å²) in [5.74, 6) is -0.161. The van der Waals surface area contributed by atoms with E-state index < -0.39 is 10.0 Å². The van der Waals surface area contributed by atoms with Gasteiger partial charge in [-0.15, -0.1) is 0 Å². The molecule has 0 aliphatic carbocycles. The molecule has 2 amide bonds. The maximum Gasteiger partial charge on any atom is 0.245 e. The quantitative estimate of drug-likeness (QED) is 0.712. The molecule has 0 bridgehead atoms. The van der Waals surface area contributed by atoms with Gasteiger partial charge < -0.3 is 14.7 Å². The average molecular weight is 435 g/mol. The summed E-state index contributed by atoms with van der Waals surface area (Å²) in [5, 5.41) is 0. The van der Waals surface area contributed by atoms with Crippen molar-refractivity contribution in [3.63, 3.8) is 0 Å². The minimum atomic E-state index is -3.84. The largest absolute Gasteiger partial charge is 0.354 e. The second-order valence-corrected chi connectivity index (χ2v) is 10.5. The maximum atomic E-state index is 13.4. The van der Waals surface area contributed by atoms with Crippen LogP contribution in [0.3, 0.4) is 0 Å². The Morgan fingerprint density at radius 3 is 2.47 bits per heavy atom. The zero-order valence-electron chi connectivity index (χ0n) is 17.7. The Balaban J connectivity index is 1.71. The van der Waals surface area contributed by atoms with E-state index in [1.165, 1.54) is 9.21 Å². The van der Waals surface area contributed by atoms with Crippen LogP contribution in [0, 0.1) is 0 Å². The van der Waals surface area contributed by atoms with Gasteiger partial charge in [-0.05, 0) is 44.2 Å².